The van der Waals surface area contributed by atoms with Gasteiger partial charge in [0, 0.05) is 12.1 Å². The van der Waals surface area contributed by atoms with Crippen LogP contribution in [-0.2, 0) is 0 Å². The van der Waals surface area contributed by atoms with Gasteiger partial charge in [0.1, 0.15) is 23.1 Å². The van der Waals surface area contributed by atoms with Crippen LogP contribution in [0.25, 0.3) is 0 Å². The molecule has 0 spiro atoms. The van der Waals surface area contributed by atoms with Crippen LogP contribution in [0.2, 0.25) is 5.02 Å². The van der Waals surface area contributed by atoms with Gasteiger partial charge in [-0.1, -0.05) is 11.6 Å². The van der Waals surface area contributed by atoms with Crippen molar-refractivity contribution < 1.29 is 18.3 Å². The number of ether oxygens (including phenoxy) is 1. The lowest BCUT2D eigenvalue weighted by Gasteiger charge is -2.14. The van der Waals surface area contributed by atoms with Gasteiger partial charge in [0.15, 0.2) is 0 Å². The van der Waals surface area contributed by atoms with Gasteiger partial charge in [-0.2, -0.15) is 5.10 Å². The van der Waals surface area contributed by atoms with Crippen LogP contribution in [0.5, 0.6) is 11.5 Å². The third-order valence-electron chi connectivity index (χ3n) is 3.55. The highest BCUT2D eigenvalue weighted by atomic mass is 35.5. The molecule has 2 aromatic carbocycles. The first kappa shape index (κ1) is 18.5. The van der Waals surface area contributed by atoms with Crippen molar-refractivity contribution >= 4 is 23.2 Å². The topological polar surface area (TPSA) is 84.1 Å². The van der Waals surface area contributed by atoms with E-state index in [9.17, 15) is 18.4 Å². The minimum Gasteiger partial charge on any atom is -0.456 e. The summed E-state index contributed by atoms with van der Waals surface area (Å²) in [5, 5.41) is 7.90. The van der Waals surface area contributed by atoms with Crippen LogP contribution in [0.1, 0.15) is 15.9 Å². The summed E-state index contributed by atoms with van der Waals surface area (Å²) in [7, 11) is 0. The molecule has 0 aliphatic rings. The van der Waals surface area contributed by atoms with Crippen molar-refractivity contribution in [3.8, 4) is 11.5 Å². The average Bonchev–Trinajstić information content (AvgIpc) is 2.60. The highest BCUT2D eigenvalue weighted by Gasteiger charge is 2.18. The molecular weight excluding hydrogens is 380 g/mol. The minimum absolute atomic E-state index is 0.0357. The van der Waals surface area contributed by atoms with E-state index in [1.165, 1.54) is 24.4 Å². The molecule has 6 nitrogen and oxygen atoms in total. The number of carbonyl (C=O) groups excluding carboxylic acids is 1. The zero-order valence-corrected chi connectivity index (χ0v) is 14.6. The first-order chi connectivity index (χ1) is 12.8. The predicted molar refractivity (Wildman–Crippen MR) is 95.4 cm³/mol. The quantitative estimate of drug-likeness (QED) is 0.702. The van der Waals surface area contributed by atoms with Crippen molar-refractivity contribution in [3.63, 3.8) is 0 Å². The summed E-state index contributed by atoms with van der Waals surface area (Å²) in [5.41, 5.74) is -0.0991. The van der Waals surface area contributed by atoms with Gasteiger partial charge < -0.3 is 10.1 Å². The van der Waals surface area contributed by atoms with Crippen LogP contribution in [-0.4, -0.2) is 16.1 Å². The third kappa shape index (κ3) is 4.29. The Bertz CT molecular complexity index is 1090. The van der Waals surface area contributed by atoms with Crippen molar-refractivity contribution in [1.82, 2.24) is 10.2 Å². The average molecular weight is 392 g/mol. The molecule has 0 unspecified atom stereocenters. The molecule has 0 saturated heterocycles. The third-order valence-corrected chi connectivity index (χ3v) is 3.84. The van der Waals surface area contributed by atoms with E-state index in [2.05, 4.69) is 15.5 Å². The Labute approximate surface area is 156 Å². The van der Waals surface area contributed by atoms with Gasteiger partial charge in [-0.15, -0.1) is 0 Å². The molecule has 0 radical (unpaired) electrons. The fourth-order valence-corrected chi connectivity index (χ4v) is 2.43. The van der Waals surface area contributed by atoms with Crippen molar-refractivity contribution in [3.05, 3.63) is 80.7 Å². The molecular formula is C18H12ClF2N3O3. The Morgan fingerprint density at radius 1 is 1.19 bits per heavy atom. The number of hydrogen-bond acceptors (Lipinski definition) is 4. The molecule has 3 rings (SSSR count). The molecule has 2 N–H and O–H groups in total. The van der Waals surface area contributed by atoms with Crippen LogP contribution >= 0.6 is 11.6 Å². The number of nitrogens with zero attached hydrogens (tertiary/aromatic N) is 1. The zero-order chi connectivity index (χ0) is 19.6. The molecule has 0 bridgehead atoms. The lowest BCUT2D eigenvalue weighted by molar-refractivity contribution is 0.102. The summed E-state index contributed by atoms with van der Waals surface area (Å²) in [6.45, 7) is 1.62. The number of aryl methyl sites for hydroxylation is 1. The maximum absolute atomic E-state index is 13.9. The number of anilines is 1. The van der Waals surface area contributed by atoms with Crippen molar-refractivity contribution in [2.45, 2.75) is 6.92 Å². The predicted octanol–water partition coefficient (Wildman–Crippen LogP) is 4.05. The van der Waals surface area contributed by atoms with Gasteiger partial charge in [0.2, 0.25) is 0 Å². The molecule has 3 aromatic rings. The van der Waals surface area contributed by atoms with Crippen LogP contribution in [0.4, 0.5) is 14.5 Å². The maximum atomic E-state index is 13.9. The van der Waals surface area contributed by atoms with E-state index < -0.39 is 23.1 Å². The van der Waals surface area contributed by atoms with E-state index in [0.717, 1.165) is 18.2 Å². The molecule has 0 aliphatic heterocycles. The molecule has 0 atom stereocenters. The minimum atomic E-state index is -0.825. The van der Waals surface area contributed by atoms with Crippen LogP contribution in [0, 0.1) is 18.6 Å². The number of nitrogens with one attached hydrogen (secondary N) is 2. The number of halogens is 3. The highest BCUT2D eigenvalue weighted by Crippen LogP contribution is 2.32. The Morgan fingerprint density at radius 2 is 1.96 bits per heavy atom. The Kier molecular flexibility index (Phi) is 5.18. The number of H-pyrrole nitrogens is 1. The molecule has 1 amide bonds. The monoisotopic (exact) mass is 391 g/mol. The molecule has 1 aromatic heterocycles. The van der Waals surface area contributed by atoms with Crippen LogP contribution in [0.3, 0.4) is 0 Å². The SMILES string of the molecule is Cc1cc(F)ccc1Oc1cc(Cl)c(F)cc1C(=O)Nc1cn[nH]c(=O)c1. The van der Waals surface area contributed by atoms with Gasteiger partial charge in [0.05, 0.1) is 22.5 Å². The lowest BCUT2D eigenvalue weighted by Crippen LogP contribution is -2.16. The number of aromatic nitrogens is 2. The molecule has 138 valence electrons. The Balaban J connectivity index is 1.97. The molecule has 9 heteroatoms. The number of benzene rings is 2. The van der Waals surface area contributed by atoms with Crippen molar-refractivity contribution in [2.75, 3.05) is 5.32 Å². The normalized spacial score (nSPS) is 10.5. The first-order valence-corrected chi connectivity index (χ1v) is 8.00. The van der Waals surface area contributed by atoms with Gasteiger partial charge in [0.25, 0.3) is 11.5 Å². The zero-order valence-electron chi connectivity index (χ0n) is 13.8. The lowest BCUT2D eigenvalue weighted by atomic mass is 10.1. The number of amides is 1. The second-order valence-electron chi connectivity index (χ2n) is 5.56. The van der Waals surface area contributed by atoms with Gasteiger partial charge in [-0.05, 0) is 36.8 Å². The van der Waals surface area contributed by atoms with E-state index >= 15 is 0 Å². The fourth-order valence-electron chi connectivity index (χ4n) is 2.28. The smallest absolute Gasteiger partial charge is 0.266 e. The van der Waals surface area contributed by atoms with E-state index in [1.54, 1.807) is 6.92 Å². The second kappa shape index (κ2) is 7.55. The highest BCUT2D eigenvalue weighted by molar-refractivity contribution is 6.31. The van der Waals surface area contributed by atoms with E-state index in [0.29, 0.717) is 5.56 Å². The summed E-state index contributed by atoms with van der Waals surface area (Å²) in [4.78, 5) is 23.8. The van der Waals surface area contributed by atoms with Gasteiger partial charge in [-0.3, -0.25) is 9.59 Å². The molecule has 0 fully saturated rings. The van der Waals surface area contributed by atoms with E-state index in [-0.39, 0.29) is 27.8 Å². The summed E-state index contributed by atoms with van der Waals surface area (Å²) in [6, 6.07) is 6.99. The van der Waals surface area contributed by atoms with Gasteiger partial charge in [-0.25, -0.2) is 13.9 Å². The van der Waals surface area contributed by atoms with Gasteiger partial charge >= 0.3 is 0 Å². The van der Waals surface area contributed by atoms with Crippen molar-refractivity contribution in [1.29, 1.82) is 0 Å². The summed E-state index contributed by atoms with van der Waals surface area (Å²) >= 11 is 5.80. The fraction of sp³-hybridized carbons (Fsp3) is 0.0556. The largest absolute Gasteiger partial charge is 0.456 e. The molecule has 27 heavy (non-hydrogen) atoms. The standard InChI is InChI=1S/C18H12ClF2N3O3/c1-9-4-10(20)2-3-15(9)27-16-7-13(19)14(21)6-12(16)18(26)23-11-5-17(25)24-22-8-11/h2-8H,1H3,(H2,23,24,25,26). The van der Waals surface area contributed by atoms with Crippen LogP contribution in [0.15, 0.2) is 47.4 Å². The van der Waals surface area contributed by atoms with Crippen LogP contribution < -0.4 is 15.6 Å². The Morgan fingerprint density at radius 3 is 2.67 bits per heavy atom. The molecule has 0 saturated carbocycles. The molecule has 0 aliphatic carbocycles. The number of aromatic amines is 1. The second-order valence-corrected chi connectivity index (χ2v) is 5.97. The Hall–Kier alpha value is -3.26. The number of rotatable bonds is 4. The van der Waals surface area contributed by atoms with Crippen molar-refractivity contribution in [2.24, 2.45) is 0 Å². The summed E-state index contributed by atoms with van der Waals surface area (Å²) in [6.07, 6.45) is 1.22. The summed E-state index contributed by atoms with van der Waals surface area (Å²) < 4.78 is 32.8. The summed E-state index contributed by atoms with van der Waals surface area (Å²) in [5.74, 6) is -1.78. The van der Waals surface area contributed by atoms with E-state index in [1.807, 2.05) is 0 Å². The number of carbonyl (C=O) groups is 1. The molecule has 1 heterocycles. The van der Waals surface area contributed by atoms with E-state index in [4.69, 9.17) is 16.3 Å². The number of hydrogen-bond donors (Lipinski definition) is 2. The first-order valence-electron chi connectivity index (χ1n) is 7.62. The maximum Gasteiger partial charge on any atom is 0.266 e.